The van der Waals surface area contributed by atoms with E-state index in [9.17, 15) is 4.79 Å². The molecule has 0 aliphatic carbocycles. The minimum atomic E-state index is -1.12. The zero-order valence-corrected chi connectivity index (χ0v) is 9.74. The first-order valence-electron chi connectivity index (χ1n) is 5.58. The topological polar surface area (TPSA) is 97.9 Å². The van der Waals surface area contributed by atoms with Gasteiger partial charge in [0.1, 0.15) is 0 Å². The molecule has 1 unspecified atom stereocenters. The number of fused-ring (bicyclic) bond motifs is 1. The lowest BCUT2D eigenvalue weighted by atomic mass is 10.1. The number of aryl methyl sites for hydroxylation is 1. The fourth-order valence-electron chi connectivity index (χ4n) is 2.18. The molecular formula is C10H12N6O2. The Bertz CT molecular complexity index is 601. The van der Waals surface area contributed by atoms with Gasteiger partial charge in [-0.05, 0) is 12.5 Å². The van der Waals surface area contributed by atoms with E-state index in [0.717, 1.165) is 18.7 Å². The molecule has 0 fully saturated rings. The Balaban J connectivity index is 2.06. The van der Waals surface area contributed by atoms with Crippen molar-refractivity contribution in [3.8, 4) is 0 Å². The van der Waals surface area contributed by atoms with Crippen LogP contribution < -0.4 is 5.32 Å². The van der Waals surface area contributed by atoms with Gasteiger partial charge in [-0.1, -0.05) is 0 Å². The van der Waals surface area contributed by atoms with Gasteiger partial charge in [0.2, 0.25) is 5.95 Å². The minimum Gasteiger partial charge on any atom is -0.475 e. The van der Waals surface area contributed by atoms with Crippen molar-refractivity contribution in [2.75, 3.05) is 11.9 Å². The predicted molar refractivity (Wildman–Crippen MR) is 61.4 cm³/mol. The summed E-state index contributed by atoms with van der Waals surface area (Å²) < 4.78 is 3.38. The number of carboxylic acids is 1. The molecule has 18 heavy (non-hydrogen) atoms. The number of nitrogens with zero attached hydrogens (tertiary/aromatic N) is 5. The fraction of sp³-hybridized carbons (Fsp3) is 0.400. The summed E-state index contributed by atoms with van der Waals surface area (Å²) >= 11 is 0. The minimum absolute atomic E-state index is 0.0330. The zero-order chi connectivity index (χ0) is 12.7. The molecule has 0 radical (unpaired) electrons. The first-order chi connectivity index (χ1) is 8.66. The van der Waals surface area contributed by atoms with E-state index in [0.29, 0.717) is 5.95 Å². The van der Waals surface area contributed by atoms with E-state index in [4.69, 9.17) is 5.11 Å². The van der Waals surface area contributed by atoms with Crippen LogP contribution in [0, 0.1) is 0 Å². The van der Waals surface area contributed by atoms with Gasteiger partial charge < -0.3 is 10.4 Å². The molecule has 1 aliphatic rings. The number of aromatic nitrogens is 5. The summed E-state index contributed by atoms with van der Waals surface area (Å²) in [5, 5.41) is 20.1. The second kappa shape index (κ2) is 3.83. The molecule has 2 aromatic heterocycles. The molecule has 0 saturated heterocycles. The van der Waals surface area contributed by atoms with Gasteiger partial charge in [-0.3, -0.25) is 4.68 Å². The van der Waals surface area contributed by atoms with Gasteiger partial charge in [-0.2, -0.15) is 10.1 Å². The lowest BCUT2D eigenvalue weighted by Gasteiger charge is -2.24. The number of carboxylic acid groups (broad SMARTS) is 1. The Morgan fingerprint density at radius 3 is 3.11 bits per heavy atom. The SMILES string of the molecule is Cn1nccc1C1CCNc2nc(C(=O)O)nn21. The normalized spacial score (nSPS) is 18.2. The third-order valence-electron chi connectivity index (χ3n) is 3.02. The molecule has 2 N–H and O–H groups in total. The molecular weight excluding hydrogens is 236 g/mol. The molecule has 2 aromatic rings. The van der Waals surface area contributed by atoms with Crippen molar-refractivity contribution in [2.24, 2.45) is 7.05 Å². The maximum absolute atomic E-state index is 10.9. The molecule has 0 aromatic carbocycles. The summed E-state index contributed by atoms with van der Waals surface area (Å²) in [6.45, 7) is 0.730. The third-order valence-corrected chi connectivity index (χ3v) is 3.02. The van der Waals surface area contributed by atoms with Crippen LogP contribution in [0.25, 0.3) is 0 Å². The third kappa shape index (κ3) is 1.53. The number of aromatic carboxylic acids is 1. The van der Waals surface area contributed by atoms with Crippen molar-refractivity contribution < 1.29 is 9.90 Å². The van der Waals surface area contributed by atoms with E-state index in [2.05, 4.69) is 20.5 Å². The Morgan fingerprint density at radius 1 is 1.61 bits per heavy atom. The fourth-order valence-corrected chi connectivity index (χ4v) is 2.18. The summed E-state index contributed by atoms with van der Waals surface area (Å²) in [6.07, 6.45) is 2.53. The van der Waals surface area contributed by atoms with E-state index in [1.807, 2.05) is 13.1 Å². The molecule has 3 rings (SSSR count). The van der Waals surface area contributed by atoms with Crippen LogP contribution in [0.2, 0.25) is 0 Å². The zero-order valence-electron chi connectivity index (χ0n) is 9.74. The highest BCUT2D eigenvalue weighted by Crippen LogP contribution is 2.27. The number of nitrogens with one attached hydrogen (secondary N) is 1. The summed E-state index contributed by atoms with van der Waals surface area (Å²) in [4.78, 5) is 14.8. The lowest BCUT2D eigenvalue weighted by molar-refractivity contribution is 0.0683. The van der Waals surface area contributed by atoms with Gasteiger partial charge in [0.15, 0.2) is 0 Å². The second-order valence-electron chi connectivity index (χ2n) is 4.12. The molecule has 0 bridgehead atoms. The lowest BCUT2D eigenvalue weighted by Crippen LogP contribution is -2.26. The van der Waals surface area contributed by atoms with Crippen LogP contribution in [0.15, 0.2) is 12.3 Å². The van der Waals surface area contributed by atoms with Crippen LogP contribution in [0.1, 0.15) is 28.8 Å². The highest BCUT2D eigenvalue weighted by molar-refractivity contribution is 5.83. The summed E-state index contributed by atoms with van der Waals surface area (Å²) in [6, 6.07) is 1.87. The number of rotatable bonds is 2. The van der Waals surface area contributed by atoms with Crippen molar-refractivity contribution in [2.45, 2.75) is 12.5 Å². The molecule has 0 saturated carbocycles. The Morgan fingerprint density at radius 2 is 2.44 bits per heavy atom. The molecule has 3 heterocycles. The standard InChI is InChI=1S/C10H12N6O2/c1-15-6(3-5-12-15)7-2-4-11-10-13-8(9(17)18)14-16(7)10/h3,5,7H,2,4H2,1H3,(H,17,18)(H,11,13,14). The molecule has 1 atom stereocenters. The maximum atomic E-state index is 10.9. The van der Waals surface area contributed by atoms with E-state index in [1.165, 1.54) is 0 Å². The van der Waals surface area contributed by atoms with Crippen molar-refractivity contribution >= 4 is 11.9 Å². The largest absolute Gasteiger partial charge is 0.475 e. The van der Waals surface area contributed by atoms with Gasteiger partial charge in [0.25, 0.3) is 5.82 Å². The van der Waals surface area contributed by atoms with Crippen LogP contribution in [0.4, 0.5) is 5.95 Å². The average Bonchev–Trinajstić information content (AvgIpc) is 2.94. The Hall–Kier alpha value is -2.38. The molecule has 8 heteroatoms. The molecule has 0 amide bonds. The Kier molecular flexibility index (Phi) is 2.29. The number of carbonyl (C=O) groups is 1. The summed E-state index contributed by atoms with van der Waals surface area (Å²) in [5.74, 6) is -0.820. The van der Waals surface area contributed by atoms with Crippen molar-refractivity contribution in [1.82, 2.24) is 24.5 Å². The molecule has 8 nitrogen and oxygen atoms in total. The summed E-state index contributed by atoms with van der Waals surface area (Å²) in [7, 11) is 1.85. The first-order valence-corrected chi connectivity index (χ1v) is 5.58. The average molecular weight is 248 g/mol. The van der Waals surface area contributed by atoms with Crippen molar-refractivity contribution in [3.05, 3.63) is 23.8 Å². The predicted octanol–water partition coefficient (Wildman–Crippen LogP) is 0.115. The highest BCUT2D eigenvalue weighted by Gasteiger charge is 2.27. The quantitative estimate of drug-likeness (QED) is 0.783. The van der Waals surface area contributed by atoms with Crippen LogP contribution in [-0.4, -0.2) is 42.2 Å². The number of hydrogen-bond donors (Lipinski definition) is 2. The Labute approximate surface area is 102 Å². The van der Waals surface area contributed by atoms with Gasteiger partial charge in [0, 0.05) is 19.8 Å². The van der Waals surface area contributed by atoms with Gasteiger partial charge >= 0.3 is 5.97 Å². The van der Waals surface area contributed by atoms with Gasteiger partial charge in [0.05, 0.1) is 11.7 Å². The van der Waals surface area contributed by atoms with E-state index in [1.54, 1.807) is 15.6 Å². The molecule has 1 aliphatic heterocycles. The number of hydrogen-bond acceptors (Lipinski definition) is 5. The van der Waals surface area contributed by atoms with Crippen LogP contribution in [-0.2, 0) is 7.05 Å². The van der Waals surface area contributed by atoms with Crippen LogP contribution >= 0.6 is 0 Å². The smallest absolute Gasteiger partial charge is 0.375 e. The van der Waals surface area contributed by atoms with Gasteiger partial charge in [-0.15, -0.1) is 5.10 Å². The van der Waals surface area contributed by atoms with Gasteiger partial charge in [-0.25, -0.2) is 9.48 Å². The van der Waals surface area contributed by atoms with Crippen molar-refractivity contribution in [1.29, 1.82) is 0 Å². The monoisotopic (exact) mass is 248 g/mol. The summed E-state index contributed by atoms with van der Waals surface area (Å²) in [5.41, 5.74) is 0.986. The number of anilines is 1. The van der Waals surface area contributed by atoms with Crippen LogP contribution in [0.3, 0.4) is 0 Å². The van der Waals surface area contributed by atoms with Crippen LogP contribution in [0.5, 0.6) is 0 Å². The van der Waals surface area contributed by atoms with E-state index >= 15 is 0 Å². The molecule has 94 valence electrons. The highest BCUT2D eigenvalue weighted by atomic mass is 16.4. The second-order valence-corrected chi connectivity index (χ2v) is 4.12. The first kappa shape index (κ1) is 10.8. The maximum Gasteiger partial charge on any atom is 0.375 e. The van der Waals surface area contributed by atoms with E-state index in [-0.39, 0.29) is 11.9 Å². The van der Waals surface area contributed by atoms with Crippen molar-refractivity contribution in [3.63, 3.8) is 0 Å². The van der Waals surface area contributed by atoms with E-state index < -0.39 is 5.97 Å². The molecule has 0 spiro atoms.